The number of carbonyl (C=O) groups is 1. The molecule has 1 aliphatic heterocycles. The van der Waals surface area contributed by atoms with Crippen molar-refractivity contribution in [2.45, 2.75) is 50.5 Å². The maximum atomic E-state index is 12.7. The maximum absolute atomic E-state index is 12.7. The molecule has 0 aromatic carbocycles. The molecule has 4 aliphatic rings. The van der Waals surface area contributed by atoms with Crippen LogP contribution in [0.15, 0.2) is 10.5 Å². The number of anilines is 1. The average molecular weight is 415 g/mol. The summed E-state index contributed by atoms with van der Waals surface area (Å²) in [5.41, 5.74) is 1.73. The number of nitrogens with zero attached hydrogens (tertiary/aromatic N) is 4. The first-order valence-corrected chi connectivity index (χ1v) is 10.6. The van der Waals surface area contributed by atoms with Crippen molar-refractivity contribution in [2.24, 2.45) is 11.8 Å². The van der Waals surface area contributed by atoms with E-state index in [1.54, 1.807) is 0 Å². The van der Waals surface area contributed by atoms with Crippen LogP contribution in [0.2, 0.25) is 0 Å². The van der Waals surface area contributed by atoms with E-state index in [0.29, 0.717) is 29.3 Å². The zero-order valence-corrected chi connectivity index (χ0v) is 16.4. The molecule has 0 spiro atoms. The molecule has 3 aliphatic carbocycles. The Labute approximate surface area is 162 Å². The van der Waals surface area contributed by atoms with E-state index in [1.165, 1.54) is 25.7 Å². The number of hydrogen-bond acceptors (Lipinski definition) is 4. The highest BCUT2D eigenvalue weighted by molar-refractivity contribution is 9.10. The van der Waals surface area contributed by atoms with Crippen molar-refractivity contribution in [3.05, 3.63) is 21.8 Å². The van der Waals surface area contributed by atoms with Gasteiger partial charge in [-0.25, -0.2) is 4.98 Å². The second-order valence-electron chi connectivity index (χ2n) is 8.27. The maximum Gasteiger partial charge on any atom is 0.226 e. The molecule has 1 amide bonds. The van der Waals surface area contributed by atoms with Crippen LogP contribution in [0, 0.1) is 23.2 Å². The molecule has 0 N–H and O–H groups in total. The van der Waals surface area contributed by atoms with Gasteiger partial charge in [0.25, 0.3) is 0 Å². The Morgan fingerprint density at radius 3 is 2.58 bits per heavy atom. The van der Waals surface area contributed by atoms with Gasteiger partial charge in [0.1, 0.15) is 11.9 Å². The number of halogens is 1. The molecule has 3 saturated carbocycles. The fraction of sp³-hybridized carbons (Fsp3) is 0.650. The molecule has 26 heavy (non-hydrogen) atoms. The number of aromatic nitrogens is 1. The van der Waals surface area contributed by atoms with E-state index >= 15 is 0 Å². The number of carbonyl (C=O) groups excluding carboxylic acids is 1. The fourth-order valence-electron chi connectivity index (χ4n) is 4.18. The predicted octanol–water partition coefficient (Wildman–Crippen LogP) is 3.43. The molecule has 1 aromatic heterocycles. The van der Waals surface area contributed by atoms with Crippen LogP contribution in [-0.4, -0.2) is 41.5 Å². The largest absolute Gasteiger partial charge is 0.352 e. The van der Waals surface area contributed by atoms with Crippen LogP contribution < -0.4 is 4.90 Å². The Kier molecular flexibility index (Phi) is 3.97. The van der Waals surface area contributed by atoms with Crippen molar-refractivity contribution in [3.8, 4) is 6.07 Å². The molecular formula is C20H23BrN4O. The second-order valence-corrected chi connectivity index (χ2v) is 9.12. The van der Waals surface area contributed by atoms with Crippen molar-refractivity contribution < 1.29 is 4.79 Å². The summed E-state index contributed by atoms with van der Waals surface area (Å²) in [4.78, 5) is 22.0. The van der Waals surface area contributed by atoms with Gasteiger partial charge in [-0.05, 0) is 66.4 Å². The summed E-state index contributed by atoms with van der Waals surface area (Å²) in [6.07, 6.45) is 6.94. The summed E-state index contributed by atoms with van der Waals surface area (Å²) in [5, 5.41) is 9.63. The zero-order chi connectivity index (χ0) is 17.8. The third-order valence-electron chi connectivity index (χ3n) is 6.16. The van der Waals surface area contributed by atoms with E-state index < -0.39 is 0 Å². The second kappa shape index (κ2) is 6.23. The Morgan fingerprint density at radius 1 is 1.19 bits per heavy atom. The smallest absolute Gasteiger partial charge is 0.226 e. The van der Waals surface area contributed by atoms with E-state index in [9.17, 15) is 10.1 Å². The first-order valence-electron chi connectivity index (χ1n) is 9.81. The van der Waals surface area contributed by atoms with Crippen LogP contribution >= 0.6 is 15.9 Å². The Hall–Kier alpha value is -1.61. The van der Waals surface area contributed by atoms with Crippen molar-refractivity contribution in [1.82, 2.24) is 9.88 Å². The molecule has 5 rings (SSSR count). The molecule has 5 nitrogen and oxygen atoms in total. The highest BCUT2D eigenvalue weighted by Gasteiger charge is 2.45. The van der Waals surface area contributed by atoms with Gasteiger partial charge in [0.15, 0.2) is 0 Å². The van der Waals surface area contributed by atoms with Gasteiger partial charge in [0.05, 0.1) is 17.3 Å². The van der Waals surface area contributed by atoms with Crippen LogP contribution in [0.3, 0.4) is 0 Å². The Morgan fingerprint density at radius 2 is 1.96 bits per heavy atom. The summed E-state index contributed by atoms with van der Waals surface area (Å²) >= 11 is 3.60. The van der Waals surface area contributed by atoms with E-state index in [0.717, 1.165) is 48.5 Å². The lowest BCUT2D eigenvalue weighted by Gasteiger charge is -2.42. The molecular weight excluding hydrogens is 392 g/mol. The first-order chi connectivity index (χ1) is 12.7. The molecule has 2 heterocycles. The molecule has 0 bridgehead atoms. The molecule has 6 heteroatoms. The highest BCUT2D eigenvalue weighted by Crippen LogP contribution is 2.44. The SMILES string of the molecule is N#Cc1cc(Br)c(C2CC2)nc1N1CCN(C(=O)C2CC2)[C@H](C2CC2)C1. The molecule has 1 saturated heterocycles. The van der Waals surface area contributed by atoms with Gasteiger partial charge in [-0.3, -0.25) is 4.79 Å². The quantitative estimate of drug-likeness (QED) is 0.756. The molecule has 4 fully saturated rings. The van der Waals surface area contributed by atoms with Gasteiger partial charge in [-0.1, -0.05) is 0 Å². The van der Waals surface area contributed by atoms with Crippen molar-refractivity contribution >= 4 is 27.7 Å². The van der Waals surface area contributed by atoms with E-state index in [-0.39, 0.29) is 5.92 Å². The number of amides is 1. The normalized spacial score (nSPS) is 25.9. The lowest BCUT2D eigenvalue weighted by Crippen LogP contribution is -2.57. The van der Waals surface area contributed by atoms with E-state index in [1.807, 2.05) is 6.07 Å². The molecule has 0 unspecified atom stereocenters. The highest BCUT2D eigenvalue weighted by atomic mass is 79.9. The minimum Gasteiger partial charge on any atom is -0.352 e. The summed E-state index contributed by atoms with van der Waals surface area (Å²) < 4.78 is 0.960. The minimum atomic E-state index is 0.282. The summed E-state index contributed by atoms with van der Waals surface area (Å²) in [5.74, 6) is 2.63. The Balaban J connectivity index is 1.43. The van der Waals surface area contributed by atoms with E-state index in [4.69, 9.17) is 4.98 Å². The summed E-state index contributed by atoms with van der Waals surface area (Å²) in [6, 6.07) is 4.55. The van der Waals surface area contributed by atoms with Gasteiger partial charge >= 0.3 is 0 Å². The van der Waals surface area contributed by atoms with Gasteiger partial charge < -0.3 is 9.80 Å². The van der Waals surface area contributed by atoms with Crippen molar-refractivity contribution in [1.29, 1.82) is 5.26 Å². The van der Waals surface area contributed by atoms with Crippen LogP contribution in [0.1, 0.15) is 55.7 Å². The lowest BCUT2D eigenvalue weighted by molar-refractivity contribution is -0.135. The van der Waals surface area contributed by atoms with Gasteiger partial charge in [0, 0.05) is 35.9 Å². The molecule has 0 radical (unpaired) electrons. The zero-order valence-electron chi connectivity index (χ0n) is 14.8. The van der Waals surface area contributed by atoms with Crippen LogP contribution in [0.25, 0.3) is 0 Å². The first kappa shape index (κ1) is 16.6. The van der Waals surface area contributed by atoms with Crippen molar-refractivity contribution in [3.63, 3.8) is 0 Å². The van der Waals surface area contributed by atoms with Crippen LogP contribution in [0.4, 0.5) is 5.82 Å². The third kappa shape index (κ3) is 3.00. The van der Waals surface area contributed by atoms with Crippen LogP contribution in [-0.2, 0) is 4.79 Å². The number of nitriles is 1. The average Bonchev–Trinajstić information content (AvgIpc) is 3.51. The molecule has 1 aromatic rings. The number of pyridine rings is 1. The summed E-state index contributed by atoms with van der Waals surface area (Å²) in [6.45, 7) is 2.35. The number of hydrogen-bond donors (Lipinski definition) is 0. The predicted molar refractivity (Wildman–Crippen MR) is 102 cm³/mol. The van der Waals surface area contributed by atoms with Gasteiger partial charge in [0.2, 0.25) is 5.91 Å². The molecule has 136 valence electrons. The minimum absolute atomic E-state index is 0.282. The van der Waals surface area contributed by atoms with Crippen molar-refractivity contribution in [2.75, 3.05) is 24.5 Å². The van der Waals surface area contributed by atoms with E-state index in [2.05, 4.69) is 31.8 Å². The van der Waals surface area contributed by atoms with Gasteiger partial charge in [-0.15, -0.1) is 0 Å². The number of rotatable bonds is 4. The monoisotopic (exact) mass is 414 g/mol. The summed E-state index contributed by atoms with van der Waals surface area (Å²) in [7, 11) is 0. The fourth-order valence-corrected chi connectivity index (χ4v) is 4.83. The number of piperazine rings is 1. The third-order valence-corrected chi connectivity index (χ3v) is 6.80. The standard InChI is InChI=1S/C20H23BrN4O/c21-16-9-15(10-22)19(23-18(16)13-3-4-13)24-7-8-25(20(26)14-5-6-14)17(11-24)12-1-2-12/h9,12-14,17H,1-8,11H2/t17-/m0/s1. The van der Waals surface area contributed by atoms with Gasteiger partial charge in [-0.2, -0.15) is 5.26 Å². The topological polar surface area (TPSA) is 60.2 Å². The van der Waals surface area contributed by atoms with Crippen LogP contribution in [0.5, 0.6) is 0 Å². The Bertz CT molecular complexity index is 792. The lowest BCUT2D eigenvalue weighted by atomic mass is 10.0. The molecule has 1 atom stereocenters.